The lowest BCUT2D eigenvalue weighted by molar-refractivity contribution is 0.174. The first-order valence-electron chi connectivity index (χ1n) is 9.42. The molecule has 1 aliphatic heterocycles. The van der Waals surface area contributed by atoms with E-state index in [1.165, 1.54) is 0 Å². The number of hydrogen-bond donors (Lipinski definition) is 3. The minimum absolute atomic E-state index is 0.113. The Morgan fingerprint density at radius 2 is 2.00 bits per heavy atom. The maximum absolute atomic E-state index is 9.69. The second-order valence-electron chi connectivity index (χ2n) is 7.83. The average Bonchev–Trinajstić information content (AvgIpc) is 2.94. The van der Waals surface area contributed by atoms with Gasteiger partial charge in [-0.05, 0) is 25.5 Å². The normalized spacial score (nSPS) is 17.6. The number of benzene rings is 1. The van der Waals surface area contributed by atoms with E-state index in [9.17, 15) is 5.11 Å². The zero-order chi connectivity index (χ0) is 19.6. The molecular formula is C19H29ClN4O2S. The molecular weight excluding hydrogens is 384 g/mol. The second kappa shape index (κ2) is 8.57. The van der Waals surface area contributed by atoms with Crippen LogP contribution >= 0.6 is 23.4 Å². The fourth-order valence-electron chi connectivity index (χ4n) is 3.66. The number of aliphatic hydroxyl groups excluding tert-OH is 2. The molecule has 0 aliphatic carbocycles. The standard InChI is InChI=1S/C19H29ClN4O2S/c1-13(26)12-19(2,3)27-18-21-15-10-14(20)17(11-16(15)22-18)24-6-4-23(5-7-24)8-9-25/h10-11,13,25-26H,4-9,12H2,1-3H3,(H,21,22). The third-order valence-electron chi connectivity index (χ3n) is 4.82. The summed E-state index contributed by atoms with van der Waals surface area (Å²) in [4.78, 5) is 12.6. The SMILES string of the molecule is CC(O)CC(C)(C)Sc1nc2cc(N3CCN(CCO)CC3)c(Cl)cc2[nH]1. The lowest BCUT2D eigenvalue weighted by Gasteiger charge is -2.36. The highest BCUT2D eigenvalue weighted by Gasteiger charge is 2.24. The van der Waals surface area contributed by atoms with Gasteiger partial charge in [-0.25, -0.2) is 4.98 Å². The van der Waals surface area contributed by atoms with E-state index >= 15 is 0 Å². The molecule has 27 heavy (non-hydrogen) atoms. The fourth-order valence-corrected chi connectivity index (χ4v) is 5.09. The van der Waals surface area contributed by atoms with Crippen LogP contribution in [0.5, 0.6) is 0 Å². The molecule has 2 heterocycles. The summed E-state index contributed by atoms with van der Waals surface area (Å²) < 4.78 is -0.113. The molecule has 0 bridgehead atoms. The minimum atomic E-state index is -0.345. The van der Waals surface area contributed by atoms with Gasteiger partial charge in [-0.3, -0.25) is 4.90 Å². The van der Waals surface area contributed by atoms with Crippen molar-refractivity contribution in [1.29, 1.82) is 0 Å². The molecule has 2 aromatic rings. The molecule has 1 saturated heterocycles. The molecule has 0 radical (unpaired) electrons. The van der Waals surface area contributed by atoms with Crippen LogP contribution < -0.4 is 4.90 Å². The van der Waals surface area contributed by atoms with E-state index in [4.69, 9.17) is 21.7 Å². The summed E-state index contributed by atoms with van der Waals surface area (Å²) in [6.07, 6.45) is 0.348. The average molecular weight is 413 g/mol. The molecule has 0 saturated carbocycles. The number of halogens is 1. The van der Waals surface area contributed by atoms with E-state index in [0.29, 0.717) is 6.42 Å². The van der Waals surface area contributed by atoms with Crippen molar-refractivity contribution in [2.24, 2.45) is 0 Å². The fraction of sp³-hybridized carbons (Fsp3) is 0.632. The van der Waals surface area contributed by atoms with E-state index in [0.717, 1.165) is 59.6 Å². The number of aromatic amines is 1. The Bertz CT molecular complexity index is 772. The number of imidazole rings is 1. The van der Waals surface area contributed by atoms with Crippen LogP contribution in [-0.2, 0) is 0 Å². The van der Waals surface area contributed by atoms with Crippen LogP contribution in [0, 0.1) is 0 Å². The van der Waals surface area contributed by atoms with Gasteiger partial charge in [-0.15, -0.1) is 0 Å². The smallest absolute Gasteiger partial charge is 0.166 e. The van der Waals surface area contributed by atoms with Crippen LogP contribution in [0.2, 0.25) is 5.02 Å². The van der Waals surface area contributed by atoms with Crippen molar-refractivity contribution in [2.75, 3.05) is 44.2 Å². The maximum Gasteiger partial charge on any atom is 0.166 e. The Labute approximate surface area is 169 Å². The topological polar surface area (TPSA) is 75.6 Å². The van der Waals surface area contributed by atoms with E-state index < -0.39 is 0 Å². The van der Waals surface area contributed by atoms with E-state index in [1.807, 2.05) is 13.0 Å². The number of nitrogens with zero attached hydrogens (tertiary/aromatic N) is 3. The molecule has 0 spiro atoms. The number of rotatable bonds is 7. The molecule has 8 heteroatoms. The number of hydrogen-bond acceptors (Lipinski definition) is 6. The largest absolute Gasteiger partial charge is 0.395 e. The van der Waals surface area contributed by atoms with Gasteiger partial charge in [0.25, 0.3) is 0 Å². The molecule has 150 valence electrons. The van der Waals surface area contributed by atoms with Gasteiger partial charge in [0.1, 0.15) is 0 Å². The number of fused-ring (bicyclic) bond motifs is 1. The highest BCUT2D eigenvalue weighted by Crippen LogP contribution is 2.37. The molecule has 0 amide bonds. The molecule has 3 N–H and O–H groups in total. The summed E-state index contributed by atoms with van der Waals surface area (Å²) in [5.74, 6) is 0. The van der Waals surface area contributed by atoms with Gasteiger partial charge >= 0.3 is 0 Å². The number of β-amino-alcohol motifs (C(OH)–C–C–N with tert-alkyl or cyclic N) is 1. The first kappa shape index (κ1) is 20.7. The van der Waals surface area contributed by atoms with Crippen molar-refractivity contribution in [1.82, 2.24) is 14.9 Å². The van der Waals surface area contributed by atoms with Crippen molar-refractivity contribution in [3.05, 3.63) is 17.2 Å². The van der Waals surface area contributed by atoms with Crippen molar-refractivity contribution in [2.45, 2.75) is 43.2 Å². The third-order valence-corrected chi connectivity index (χ3v) is 6.23. The number of piperazine rings is 1. The van der Waals surface area contributed by atoms with Gasteiger partial charge < -0.3 is 20.1 Å². The molecule has 3 rings (SSSR count). The van der Waals surface area contributed by atoms with Crippen molar-refractivity contribution in [3.8, 4) is 0 Å². The predicted molar refractivity (Wildman–Crippen MR) is 113 cm³/mol. The van der Waals surface area contributed by atoms with E-state index in [2.05, 4.69) is 34.7 Å². The van der Waals surface area contributed by atoms with Gasteiger partial charge in [0.15, 0.2) is 5.16 Å². The summed E-state index contributed by atoms with van der Waals surface area (Å²) in [5.41, 5.74) is 2.85. The van der Waals surface area contributed by atoms with Crippen molar-refractivity contribution < 1.29 is 10.2 Å². The minimum Gasteiger partial charge on any atom is -0.395 e. The summed E-state index contributed by atoms with van der Waals surface area (Å²) in [6.45, 7) is 10.6. The number of aromatic nitrogens is 2. The zero-order valence-corrected chi connectivity index (χ0v) is 17.8. The van der Waals surface area contributed by atoms with Crippen LogP contribution in [0.1, 0.15) is 27.2 Å². The third kappa shape index (κ3) is 5.29. The highest BCUT2D eigenvalue weighted by molar-refractivity contribution is 8.00. The van der Waals surface area contributed by atoms with Gasteiger partial charge in [-0.2, -0.15) is 0 Å². The number of nitrogens with one attached hydrogen (secondary N) is 1. The van der Waals surface area contributed by atoms with Crippen molar-refractivity contribution >= 4 is 40.1 Å². The Morgan fingerprint density at radius 3 is 2.63 bits per heavy atom. The van der Waals surface area contributed by atoms with Gasteiger partial charge in [0.2, 0.25) is 0 Å². The molecule has 1 fully saturated rings. The van der Waals surface area contributed by atoms with Crippen molar-refractivity contribution in [3.63, 3.8) is 0 Å². The number of H-pyrrole nitrogens is 1. The summed E-state index contributed by atoms with van der Waals surface area (Å²) >= 11 is 8.20. The van der Waals surface area contributed by atoms with E-state index in [1.54, 1.807) is 11.8 Å². The Morgan fingerprint density at radius 1 is 1.30 bits per heavy atom. The van der Waals surface area contributed by atoms with Crippen LogP contribution in [0.4, 0.5) is 5.69 Å². The van der Waals surface area contributed by atoms with Crippen LogP contribution in [0.25, 0.3) is 11.0 Å². The Hall–Kier alpha value is -0.990. The number of aliphatic hydroxyl groups is 2. The second-order valence-corrected chi connectivity index (χ2v) is 9.93. The van der Waals surface area contributed by atoms with Gasteiger partial charge in [0, 0.05) is 37.5 Å². The predicted octanol–water partition coefficient (Wildman–Crippen LogP) is 2.97. The molecule has 1 aromatic carbocycles. The molecule has 1 aliphatic rings. The van der Waals surface area contributed by atoms with Gasteiger partial charge in [-0.1, -0.05) is 37.2 Å². The Kier molecular flexibility index (Phi) is 6.58. The Balaban J connectivity index is 1.76. The lowest BCUT2D eigenvalue weighted by atomic mass is 10.1. The van der Waals surface area contributed by atoms with E-state index in [-0.39, 0.29) is 17.5 Å². The number of anilines is 1. The van der Waals surface area contributed by atoms with Crippen LogP contribution in [0.15, 0.2) is 17.3 Å². The quantitative estimate of drug-likeness (QED) is 0.607. The maximum atomic E-state index is 9.69. The summed E-state index contributed by atoms with van der Waals surface area (Å²) in [5, 5.41) is 20.3. The molecule has 6 nitrogen and oxygen atoms in total. The van der Waals surface area contributed by atoms with Crippen LogP contribution in [0.3, 0.4) is 0 Å². The highest BCUT2D eigenvalue weighted by atomic mass is 35.5. The monoisotopic (exact) mass is 412 g/mol. The molecule has 1 aromatic heterocycles. The summed E-state index contributed by atoms with van der Waals surface area (Å²) in [7, 11) is 0. The van der Waals surface area contributed by atoms with Crippen LogP contribution in [-0.4, -0.2) is 75.3 Å². The van der Waals surface area contributed by atoms with Gasteiger partial charge in [0.05, 0.1) is 34.5 Å². The zero-order valence-electron chi connectivity index (χ0n) is 16.2. The lowest BCUT2D eigenvalue weighted by Crippen LogP contribution is -2.47. The summed E-state index contributed by atoms with van der Waals surface area (Å²) in [6, 6.07) is 4.01. The number of thioether (sulfide) groups is 1. The first-order chi connectivity index (χ1) is 12.8. The first-order valence-corrected chi connectivity index (χ1v) is 10.6. The molecule has 1 unspecified atom stereocenters. The molecule has 1 atom stereocenters.